The van der Waals surface area contributed by atoms with Gasteiger partial charge in [-0.15, -0.1) is 0 Å². The molecule has 4 aromatic rings. The van der Waals surface area contributed by atoms with Gasteiger partial charge in [-0.25, -0.2) is 4.79 Å². The van der Waals surface area contributed by atoms with Gasteiger partial charge in [0.2, 0.25) is 17.5 Å². The van der Waals surface area contributed by atoms with Gasteiger partial charge in [0.05, 0.1) is 11.7 Å². The average Bonchev–Trinajstić information content (AvgIpc) is 2.94. The number of hydrogen-bond donors (Lipinski definition) is 9. The topological polar surface area (TPSA) is 257 Å². The van der Waals surface area contributed by atoms with E-state index in [0.717, 1.165) is 36.4 Å². The summed E-state index contributed by atoms with van der Waals surface area (Å²) in [6.45, 7) is 1.34. The maximum Gasteiger partial charge on any atom is 0.339 e. The Morgan fingerprint density at radius 2 is 1.49 bits per heavy atom. The van der Waals surface area contributed by atoms with E-state index in [4.69, 9.17) is 18.6 Å². The molecule has 1 aromatic heterocycles. The van der Waals surface area contributed by atoms with Crippen LogP contribution < -0.4 is 10.2 Å². The average molecular weight is 600 g/mol. The molecule has 0 amide bonds. The molecule has 0 bridgehead atoms. The lowest BCUT2D eigenvalue weighted by Crippen LogP contribution is -2.60. The predicted octanol–water partition coefficient (Wildman–Crippen LogP) is 1.47. The molecule has 1 fully saturated rings. The number of carbonyl (C=O) groups is 1. The van der Waals surface area contributed by atoms with Gasteiger partial charge in [0.15, 0.2) is 40.6 Å². The molecule has 1 aliphatic rings. The Balaban J connectivity index is 1.62. The van der Waals surface area contributed by atoms with E-state index in [-0.39, 0.29) is 11.1 Å². The van der Waals surface area contributed by atoms with Crippen LogP contribution in [0.5, 0.6) is 46.0 Å². The molecule has 5 rings (SSSR count). The van der Waals surface area contributed by atoms with Crippen molar-refractivity contribution in [2.75, 3.05) is 0 Å². The Morgan fingerprint density at radius 1 is 0.814 bits per heavy atom. The molecule has 0 saturated carbocycles. The number of esters is 1. The third-order valence-corrected chi connectivity index (χ3v) is 6.72. The first kappa shape index (κ1) is 29.1. The van der Waals surface area contributed by atoms with Gasteiger partial charge >= 0.3 is 5.97 Å². The van der Waals surface area contributed by atoms with E-state index in [1.165, 1.54) is 13.0 Å². The molecule has 43 heavy (non-hydrogen) atoms. The number of hydrogen-bond acceptors (Lipinski definition) is 15. The number of phenolic OH excluding ortho intramolecular Hbond substituents is 7. The second-order valence-corrected chi connectivity index (χ2v) is 9.67. The molecule has 0 radical (unpaired) electrons. The van der Waals surface area contributed by atoms with E-state index in [9.17, 15) is 55.5 Å². The molecule has 15 heteroatoms. The van der Waals surface area contributed by atoms with Gasteiger partial charge in [-0.3, -0.25) is 4.79 Å². The molecule has 5 atom stereocenters. The van der Waals surface area contributed by atoms with Crippen LogP contribution in [0, 0.1) is 0 Å². The summed E-state index contributed by atoms with van der Waals surface area (Å²) in [5.74, 6) is -7.30. The van der Waals surface area contributed by atoms with Crippen LogP contribution in [-0.2, 0) is 9.47 Å². The van der Waals surface area contributed by atoms with Gasteiger partial charge in [0.25, 0.3) is 0 Å². The van der Waals surface area contributed by atoms with Crippen LogP contribution in [0.15, 0.2) is 51.7 Å². The van der Waals surface area contributed by atoms with Crippen LogP contribution in [-0.4, -0.2) is 82.6 Å². The number of fused-ring (bicyclic) bond motifs is 1. The van der Waals surface area contributed by atoms with E-state index in [1.807, 2.05) is 0 Å². The van der Waals surface area contributed by atoms with Crippen LogP contribution in [0.2, 0.25) is 0 Å². The molecular weight excluding hydrogens is 576 g/mol. The van der Waals surface area contributed by atoms with Crippen LogP contribution >= 0.6 is 0 Å². The van der Waals surface area contributed by atoms with Gasteiger partial charge in [0, 0.05) is 17.7 Å². The Hall–Kier alpha value is -5.38. The summed E-state index contributed by atoms with van der Waals surface area (Å²) >= 11 is 0. The third-order valence-electron chi connectivity index (χ3n) is 6.72. The Bertz CT molecular complexity index is 1770. The van der Waals surface area contributed by atoms with Gasteiger partial charge in [-0.1, -0.05) is 0 Å². The quantitative estimate of drug-likeness (QED) is 0.116. The smallest absolute Gasteiger partial charge is 0.339 e. The monoisotopic (exact) mass is 600 g/mol. The fourth-order valence-electron chi connectivity index (χ4n) is 4.48. The van der Waals surface area contributed by atoms with Gasteiger partial charge in [-0.2, -0.15) is 0 Å². The minimum atomic E-state index is -1.88. The minimum Gasteiger partial charge on any atom is -0.508 e. The zero-order valence-corrected chi connectivity index (χ0v) is 21.9. The van der Waals surface area contributed by atoms with E-state index in [2.05, 4.69) is 0 Å². The van der Waals surface area contributed by atoms with Crippen molar-refractivity contribution in [3.8, 4) is 57.3 Å². The second-order valence-electron chi connectivity index (χ2n) is 9.67. The van der Waals surface area contributed by atoms with Crippen molar-refractivity contribution in [3.05, 3.63) is 58.3 Å². The van der Waals surface area contributed by atoms with Crippen molar-refractivity contribution >= 4 is 16.9 Å². The van der Waals surface area contributed by atoms with Crippen LogP contribution in [0.1, 0.15) is 17.3 Å². The maximum absolute atomic E-state index is 13.7. The van der Waals surface area contributed by atoms with Gasteiger partial charge in [-0.05, 0) is 37.3 Å². The van der Waals surface area contributed by atoms with Crippen molar-refractivity contribution in [3.63, 3.8) is 0 Å². The van der Waals surface area contributed by atoms with Gasteiger partial charge < -0.3 is 64.6 Å². The molecule has 15 nitrogen and oxygen atoms in total. The maximum atomic E-state index is 13.7. The lowest BCUT2D eigenvalue weighted by molar-refractivity contribution is -0.267. The molecule has 9 N–H and O–H groups in total. The number of phenols is 7. The van der Waals surface area contributed by atoms with Crippen LogP contribution in [0.3, 0.4) is 0 Å². The summed E-state index contributed by atoms with van der Waals surface area (Å²) in [7, 11) is 0. The molecule has 2 heterocycles. The highest BCUT2D eigenvalue weighted by atomic mass is 16.7. The highest BCUT2D eigenvalue weighted by Gasteiger charge is 2.47. The molecular formula is C28H24O15. The first-order valence-corrected chi connectivity index (χ1v) is 12.5. The highest BCUT2D eigenvalue weighted by Crippen LogP contribution is 2.40. The Labute approximate surface area is 239 Å². The second kappa shape index (κ2) is 10.8. The number of benzene rings is 3. The van der Waals surface area contributed by atoms with Crippen molar-refractivity contribution in [1.29, 1.82) is 0 Å². The van der Waals surface area contributed by atoms with E-state index in [1.54, 1.807) is 0 Å². The standard InChI is InChI=1S/C28H24O15/c1-9-20(35)23(38)26(42-27(39)11-5-16(33)21(36)17(34)6-11)28(40-9)43-25-22(37)19-15(32)7-12(29)8-18(19)41-24(25)10-2-3-13(30)14(31)4-10/h2-9,20,23,26,28-36,38H,1H3/t9-,20-,23+,26-,28-/m0/s1. The SMILES string of the molecule is C[C@@H]1O[C@@H](Oc2c(-c3ccc(O)c(O)c3)oc3cc(O)cc(O)c3c2=O)[C@@H](OC(=O)c2cc(O)c(O)c(O)c2)[C@H](O)[C@H]1O. The van der Waals surface area contributed by atoms with Crippen LogP contribution in [0.4, 0.5) is 0 Å². The summed E-state index contributed by atoms with van der Waals surface area (Å²) in [5, 5.41) is 90.1. The highest BCUT2D eigenvalue weighted by molar-refractivity contribution is 5.91. The van der Waals surface area contributed by atoms with Crippen LogP contribution in [0.25, 0.3) is 22.3 Å². The molecule has 0 aliphatic carbocycles. The summed E-state index contributed by atoms with van der Waals surface area (Å²) in [6, 6.07) is 6.72. The van der Waals surface area contributed by atoms with E-state index in [0.29, 0.717) is 0 Å². The fraction of sp³-hybridized carbons (Fsp3) is 0.214. The summed E-state index contributed by atoms with van der Waals surface area (Å²) in [4.78, 5) is 26.6. The predicted molar refractivity (Wildman–Crippen MR) is 142 cm³/mol. The molecule has 0 unspecified atom stereocenters. The van der Waals surface area contributed by atoms with Crippen molar-refractivity contribution in [1.82, 2.24) is 0 Å². The number of aliphatic hydroxyl groups excluding tert-OH is 2. The summed E-state index contributed by atoms with van der Waals surface area (Å²) < 4.78 is 22.5. The zero-order valence-electron chi connectivity index (χ0n) is 21.9. The summed E-state index contributed by atoms with van der Waals surface area (Å²) in [5.41, 5.74) is -1.86. The Morgan fingerprint density at radius 3 is 2.14 bits per heavy atom. The largest absolute Gasteiger partial charge is 0.508 e. The first-order valence-electron chi connectivity index (χ1n) is 12.5. The third kappa shape index (κ3) is 5.23. The number of carbonyl (C=O) groups excluding carboxylic acids is 1. The van der Waals surface area contributed by atoms with Gasteiger partial charge in [0.1, 0.15) is 34.7 Å². The van der Waals surface area contributed by atoms with Crippen molar-refractivity contribution in [2.24, 2.45) is 0 Å². The molecule has 3 aromatic carbocycles. The van der Waals surface area contributed by atoms with Crippen molar-refractivity contribution in [2.45, 2.75) is 37.6 Å². The fourth-order valence-corrected chi connectivity index (χ4v) is 4.48. The zero-order chi connectivity index (χ0) is 31.3. The van der Waals surface area contributed by atoms with Crippen molar-refractivity contribution < 1.29 is 69.4 Å². The molecule has 1 aliphatic heterocycles. The lowest BCUT2D eigenvalue weighted by Gasteiger charge is -2.40. The number of aromatic hydroxyl groups is 7. The molecule has 1 saturated heterocycles. The Kier molecular flexibility index (Phi) is 7.31. The number of rotatable bonds is 5. The number of aliphatic hydroxyl groups is 2. The number of ether oxygens (including phenoxy) is 3. The lowest BCUT2D eigenvalue weighted by atomic mass is 9.99. The summed E-state index contributed by atoms with van der Waals surface area (Å²) in [6.07, 6.45) is -8.39. The minimum absolute atomic E-state index is 0.0415. The molecule has 0 spiro atoms. The van der Waals surface area contributed by atoms with E-state index < -0.39 is 105 Å². The normalized spacial score (nSPS) is 21.9. The van der Waals surface area contributed by atoms with E-state index >= 15 is 0 Å². The molecule has 226 valence electrons. The first-order chi connectivity index (χ1) is 20.3.